The molecule has 0 radical (unpaired) electrons. The normalized spacial score (nSPS) is 11.3. The fraction of sp³-hybridized carbons (Fsp3) is 0. The Morgan fingerprint density at radius 2 is 1.63 bits per heavy atom. The molecule has 0 saturated heterocycles. The predicted molar refractivity (Wildman–Crippen MR) is 75.4 cm³/mol. The number of rotatable bonds is 3. The largest absolute Gasteiger partial charge is 0.508 e. The van der Waals surface area contributed by atoms with Gasteiger partial charge in [0.1, 0.15) is 10.6 Å². The van der Waals surface area contributed by atoms with Gasteiger partial charge < -0.3 is 5.11 Å². The van der Waals surface area contributed by atoms with Crippen LogP contribution in [-0.2, 0) is 10.0 Å². The summed E-state index contributed by atoms with van der Waals surface area (Å²) in [4.78, 5) is -0.102. The standard InChI is InChI=1S/C12H9Cl2NO3S/c13-8-1-6-11(14)12(7-8)19(17,18)15-9-2-4-10(16)5-3-9/h1-7,15-16H. The highest BCUT2D eigenvalue weighted by Crippen LogP contribution is 2.27. The molecule has 19 heavy (non-hydrogen) atoms. The van der Waals surface area contributed by atoms with Crippen LogP contribution < -0.4 is 4.72 Å². The molecule has 0 heterocycles. The maximum Gasteiger partial charge on any atom is 0.263 e. The summed E-state index contributed by atoms with van der Waals surface area (Å²) in [6, 6.07) is 9.80. The van der Waals surface area contributed by atoms with E-state index in [0.29, 0.717) is 5.69 Å². The molecule has 0 aliphatic heterocycles. The molecule has 0 atom stereocenters. The minimum atomic E-state index is -3.83. The quantitative estimate of drug-likeness (QED) is 0.851. The predicted octanol–water partition coefficient (Wildman–Crippen LogP) is 3.50. The van der Waals surface area contributed by atoms with E-state index in [0.717, 1.165) is 0 Å². The summed E-state index contributed by atoms with van der Waals surface area (Å²) in [6.07, 6.45) is 0. The van der Waals surface area contributed by atoms with Gasteiger partial charge in [-0.25, -0.2) is 8.42 Å². The summed E-state index contributed by atoms with van der Waals surface area (Å²) < 4.78 is 26.6. The van der Waals surface area contributed by atoms with Crippen LogP contribution in [0.15, 0.2) is 47.4 Å². The van der Waals surface area contributed by atoms with E-state index in [2.05, 4.69) is 4.72 Å². The summed E-state index contributed by atoms with van der Waals surface area (Å²) in [5, 5.41) is 9.49. The highest BCUT2D eigenvalue weighted by molar-refractivity contribution is 7.92. The van der Waals surface area contributed by atoms with E-state index < -0.39 is 10.0 Å². The molecule has 0 fully saturated rings. The summed E-state index contributed by atoms with van der Waals surface area (Å²) in [5.74, 6) is 0.0451. The highest BCUT2D eigenvalue weighted by atomic mass is 35.5. The molecule has 2 rings (SSSR count). The SMILES string of the molecule is O=S(=O)(Nc1ccc(O)cc1)c1cc(Cl)ccc1Cl. The van der Waals surface area contributed by atoms with Gasteiger partial charge in [-0.15, -0.1) is 0 Å². The van der Waals surface area contributed by atoms with Crippen molar-refractivity contribution in [2.24, 2.45) is 0 Å². The molecule has 0 aliphatic rings. The van der Waals surface area contributed by atoms with Crippen LogP contribution in [0.5, 0.6) is 5.75 Å². The molecule has 2 aromatic carbocycles. The van der Waals surface area contributed by atoms with E-state index >= 15 is 0 Å². The van der Waals surface area contributed by atoms with Crippen LogP contribution in [-0.4, -0.2) is 13.5 Å². The number of aromatic hydroxyl groups is 1. The second-order valence-electron chi connectivity index (χ2n) is 3.73. The molecule has 0 bridgehead atoms. The lowest BCUT2D eigenvalue weighted by Crippen LogP contribution is -2.13. The number of phenols is 1. The van der Waals surface area contributed by atoms with Crippen molar-refractivity contribution in [3.63, 3.8) is 0 Å². The number of anilines is 1. The van der Waals surface area contributed by atoms with Gasteiger partial charge >= 0.3 is 0 Å². The van der Waals surface area contributed by atoms with Gasteiger partial charge in [0, 0.05) is 10.7 Å². The Morgan fingerprint density at radius 3 is 2.26 bits per heavy atom. The van der Waals surface area contributed by atoms with Crippen LogP contribution in [0.1, 0.15) is 0 Å². The Balaban J connectivity index is 2.37. The van der Waals surface area contributed by atoms with Crippen LogP contribution in [0.4, 0.5) is 5.69 Å². The minimum Gasteiger partial charge on any atom is -0.508 e. The van der Waals surface area contributed by atoms with Gasteiger partial charge in [-0.05, 0) is 42.5 Å². The van der Waals surface area contributed by atoms with Crippen molar-refractivity contribution < 1.29 is 13.5 Å². The Morgan fingerprint density at radius 1 is 1.00 bits per heavy atom. The summed E-state index contributed by atoms with van der Waals surface area (Å²) in [5.41, 5.74) is 0.314. The zero-order valence-electron chi connectivity index (χ0n) is 9.47. The average Bonchev–Trinajstić information content (AvgIpc) is 2.35. The second kappa shape index (κ2) is 5.28. The molecule has 2 aromatic rings. The molecule has 0 aromatic heterocycles. The first kappa shape index (κ1) is 14.0. The van der Waals surface area contributed by atoms with Crippen LogP contribution >= 0.6 is 23.2 Å². The van der Waals surface area contributed by atoms with E-state index in [4.69, 9.17) is 28.3 Å². The third-order valence-electron chi connectivity index (χ3n) is 2.30. The summed E-state index contributed by atoms with van der Waals surface area (Å²) in [6.45, 7) is 0. The molecule has 0 spiro atoms. The van der Waals surface area contributed by atoms with Gasteiger partial charge in [-0.3, -0.25) is 4.72 Å². The first-order valence-electron chi connectivity index (χ1n) is 5.15. The lowest BCUT2D eigenvalue weighted by atomic mass is 10.3. The summed E-state index contributed by atoms with van der Waals surface area (Å²) >= 11 is 11.6. The number of hydrogen-bond donors (Lipinski definition) is 2. The second-order valence-corrected chi connectivity index (χ2v) is 6.22. The molecule has 4 nitrogen and oxygen atoms in total. The van der Waals surface area contributed by atoms with Gasteiger partial charge in [-0.1, -0.05) is 23.2 Å². The Bertz CT molecular complexity index is 699. The maximum absolute atomic E-state index is 12.1. The van der Waals surface area contributed by atoms with Crippen LogP contribution in [0.2, 0.25) is 10.0 Å². The lowest BCUT2D eigenvalue weighted by molar-refractivity contribution is 0.475. The zero-order valence-corrected chi connectivity index (χ0v) is 11.8. The first-order chi connectivity index (χ1) is 8.88. The number of phenolic OH excluding ortho intramolecular Hbond substituents is 1. The van der Waals surface area contributed by atoms with Crippen LogP contribution in [0.3, 0.4) is 0 Å². The van der Waals surface area contributed by atoms with Gasteiger partial charge in [0.2, 0.25) is 0 Å². The average molecular weight is 318 g/mol. The topological polar surface area (TPSA) is 66.4 Å². The van der Waals surface area contributed by atoms with Crippen molar-refractivity contribution in [3.8, 4) is 5.75 Å². The number of halogens is 2. The fourth-order valence-electron chi connectivity index (χ4n) is 1.42. The molecule has 0 unspecified atom stereocenters. The molecule has 0 saturated carbocycles. The van der Waals surface area contributed by atoms with Crippen LogP contribution in [0, 0.1) is 0 Å². The summed E-state index contributed by atoms with van der Waals surface area (Å²) in [7, 11) is -3.83. The molecule has 7 heteroatoms. The molecule has 100 valence electrons. The van der Waals surface area contributed by atoms with Crippen molar-refractivity contribution in [1.29, 1.82) is 0 Å². The Labute approximate surface area is 120 Å². The van der Waals surface area contributed by atoms with Crippen molar-refractivity contribution >= 4 is 38.9 Å². The number of hydrogen-bond acceptors (Lipinski definition) is 3. The van der Waals surface area contributed by atoms with Gasteiger partial charge in [0.05, 0.1) is 5.02 Å². The number of sulfonamides is 1. The lowest BCUT2D eigenvalue weighted by Gasteiger charge is -2.09. The highest BCUT2D eigenvalue weighted by Gasteiger charge is 2.18. The smallest absolute Gasteiger partial charge is 0.263 e. The maximum atomic E-state index is 12.1. The Hall–Kier alpha value is -1.43. The third-order valence-corrected chi connectivity index (χ3v) is 4.40. The van der Waals surface area contributed by atoms with Gasteiger partial charge in [0.25, 0.3) is 10.0 Å². The molecule has 0 aliphatic carbocycles. The fourth-order valence-corrected chi connectivity index (χ4v) is 3.25. The van der Waals surface area contributed by atoms with E-state index in [1.807, 2.05) is 0 Å². The van der Waals surface area contributed by atoms with Crippen LogP contribution in [0.25, 0.3) is 0 Å². The number of benzene rings is 2. The number of nitrogens with one attached hydrogen (secondary N) is 1. The molecular formula is C12H9Cl2NO3S. The third kappa shape index (κ3) is 3.32. The van der Waals surface area contributed by atoms with Crippen molar-refractivity contribution in [2.45, 2.75) is 4.90 Å². The minimum absolute atomic E-state index is 0.0451. The molecule has 0 amide bonds. The van der Waals surface area contributed by atoms with Crippen molar-refractivity contribution in [2.75, 3.05) is 4.72 Å². The van der Waals surface area contributed by atoms with Gasteiger partial charge in [-0.2, -0.15) is 0 Å². The van der Waals surface area contributed by atoms with Crippen molar-refractivity contribution in [1.82, 2.24) is 0 Å². The van der Waals surface area contributed by atoms with Gasteiger partial charge in [0.15, 0.2) is 0 Å². The van der Waals surface area contributed by atoms with E-state index in [1.54, 1.807) is 0 Å². The zero-order chi connectivity index (χ0) is 14.0. The molecule has 2 N–H and O–H groups in total. The monoisotopic (exact) mass is 317 g/mol. The van der Waals surface area contributed by atoms with E-state index in [-0.39, 0.29) is 20.7 Å². The van der Waals surface area contributed by atoms with E-state index in [9.17, 15) is 8.42 Å². The first-order valence-corrected chi connectivity index (χ1v) is 7.39. The Kier molecular flexibility index (Phi) is 3.89. The molecular weight excluding hydrogens is 309 g/mol. The van der Waals surface area contributed by atoms with E-state index in [1.165, 1.54) is 42.5 Å². The van der Waals surface area contributed by atoms with Crippen molar-refractivity contribution in [3.05, 3.63) is 52.5 Å².